The molecule has 3 rings (SSSR count). The molecule has 0 atom stereocenters. The summed E-state index contributed by atoms with van der Waals surface area (Å²) in [6, 6.07) is 19.7. The first-order valence-corrected chi connectivity index (χ1v) is 10.0. The van der Waals surface area contributed by atoms with Crippen LogP contribution < -0.4 is 10.6 Å². The fraction of sp³-hybridized carbons (Fsp3) is 0.0435. The van der Waals surface area contributed by atoms with Crippen LogP contribution in [0, 0.1) is 17.0 Å². The summed E-state index contributed by atoms with van der Waals surface area (Å²) in [5, 5.41) is 16.3. The molecule has 3 aromatic carbocycles. The van der Waals surface area contributed by atoms with Crippen LogP contribution in [0.1, 0.15) is 21.5 Å². The van der Waals surface area contributed by atoms with Gasteiger partial charge in [-0.2, -0.15) is 0 Å². The number of carbonyl (C=O) groups is 2. The summed E-state index contributed by atoms with van der Waals surface area (Å²) in [5.74, 6) is -0.998. The largest absolute Gasteiger partial charge is 0.321 e. The van der Waals surface area contributed by atoms with E-state index in [0.717, 1.165) is 5.56 Å². The van der Waals surface area contributed by atoms with E-state index in [1.807, 2.05) is 19.1 Å². The number of nitrogens with one attached hydrogen (secondary N) is 2. The van der Waals surface area contributed by atoms with Gasteiger partial charge in [-0.05, 0) is 70.9 Å². The van der Waals surface area contributed by atoms with Gasteiger partial charge in [0.05, 0.1) is 10.5 Å². The number of nitro groups is 1. The molecule has 0 aliphatic carbocycles. The monoisotopic (exact) mass is 479 g/mol. The summed E-state index contributed by atoms with van der Waals surface area (Å²) >= 11 is 3.33. The third-order valence-electron chi connectivity index (χ3n) is 4.34. The maximum Gasteiger partial charge on any atom is 0.272 e. The van der Waals surface area contributed by atoms with Gasteiger partial charge in [0.15, 0.2) is 0 Å². The lowest BCUT2D eigenvalue weighted by Crippen LogP contribution is -2.31. The molecule has 7 nitrogen and oxygen atoms in total. The predicted molar refractivity (Wildman–Crippen MR) is 122 cm³/mol. The van der Waals surface area contributed by atoms with Gasteiger partial charge in [0.1, 0.15) is 5.70 Å². The molecule has 0 saturated heterocycles. The Labute approximate surface area is 187 Å². The summed E-state index contributed by atoms with van der Waals surface area (Å²) in [5.41, 5.74) is 2.42. The molecular weight excluding hydrogens is 462 g/mol. The van der Waals surface area contributed by atoms with E-state index in [0.29, 0.717) is 21.3 Å². The van der Waals surface area contributed by atoms with Gasteiger partial charge in [0.2, 0.25) is 0 Å². The Hall–Kier alpha value is -3.78. The average Bonchev–Trinajstić information content (AvgIpc) is 2.75. The summed E-state index contributed by atoms with van der Waals surface area (Å²) in [4.78, 5) is 36.0. The lowest BCUT2D eigenvalue weighted by atomic mass is 10.1. The van der Waals surface area contributed by atoms with Gasteiger partial charge in [0, 0.05) is 22.3 Å². The number of benzene rings is 3. The molecule has 0 heterocycles. The van der Waals surface area contributed by atoms with E-state index in [1.54, 1.807) is 36.4 Å². The molecule has 0 spiro atoms. The highest BCUT2D eigenvalue weighted by Gasteiger charge is 2.17. The second-order valence-electron chi connectivity index (χ2n) is 6.66. The van der Waals surface area contributed by atoms with Gasteiger partial charge in [-0.25, -0.2) is 0 Å². The van der Waals surface area contributed by atoms with Crippen LogP contribution in [0.5, 0.6) is 0 Å². The first-order chi connectivity index (χ1) is 14.8. The number of nitro benzene ring substituents is 1. The quantitative estimate of drug-likeness (QED) is 0.292. The fourth-order valence-electron chi connectivity index (χ4n) is 2.69. The van der Waals surface area contributed by atoms with E-state index >= 15 is 0 Å². The smallest absolute Gasteiger partial charge is 0.272 e. The second-order valence-corrected chi connectivity index (χ2v) is 7.52. The van der Waals surface area contributed by atoms with Gasteiger partial charge in [-0.15, -0.1) is 0 Å². The molecule has 2 N–H and O–H groups in total. The van der Waals surface area contributed by atoms with E-state index in [2.05, 4.69) is 26.6 Å². The van der Waals surface area contributed by atoms with Crippen molar-refractivity contribution < 1.29 is 14.5 Å². The third kappa shape index (κ3) is 5.86. The number of amides is 2. The van der Waals surface area contributed by atoms with Crippen LogP contribution in [0.25, 0.3) is 6.08 Å². The molecule has 0 saturated carbocycles. The van der Waals surface area contributed by atoms with E-state index in [9.17, 15) is 19.7 Å². The van der Waals surface area contributed by atoms with Crippen LogP contribution in [-0.4, -0.2) is 16.7 Å². The SMILES string of the molecule is Cc1ccc(NC(=O)C(=Cc2ccc([N+](=O)[O-])cc2)NC(=O)c2ccccc2Br)cc1. The molecular formula is C23H18BrN3O4. The van der Waals surface area contributed by atoms with Crippen molar-refractivity contribution >= 4 is 45.2 Å². The molecule has 31 heavy (non-hydrogen) atoms. The Kier molecular flexibility index (Phi) is 6.94. The Morgan fingerprint density at radius 1 is 0.968 bits per heavy atom. The summed E-state index contributed by atoms with van der Waals surface area (Å²) in [6.45, 7) is 1.93. The van der Waals surface area contributed by atoms with Crippen molar-refractivity contribution in [3.05, 3.63) is 110 Å². The maximum absolute atomic E-state index is 12.9. The van der Waals surface area contributed by atoms with Crippen LogP contribution in [0.3, 0.4) is 0 Å². The third-order valence-corrected chi connectivity index (χ3v) is 5.03. The zero-order valence-corrected chi connectivity index (χ0v) is 18.0. The maximum atomic E-state index is 12.9. The average molecular weight is 480 g/mol. The highest BCUT2D eigenvalue weighted by atomic mass is 79.9. The van der Waals surface area contributed by atoms with Gasteiger partial charge in [-0.3, -0.25) is 19.7 Å². The van der Waals surface area contributed by atoms with Crippen LogP contribution in [0.2, 0.25) is 0 Å². The highest BCUT2D eigenvalue weighted by molar-refractivity contribution is 9.10. The molecule has 0 fully saturated rings. The zero-order valence-electron chi connectivity index (χ0n) is 16.5. The molecule has 0 bridgehead atoms. The van der Waals surface area contributed by atoms with Crippen molar-refractivity contribution in [2.45, 2.75) is 6.92 Å². The molecule has 0 aliphatic heterocycles. The highest BCUT2D eigenvalue weighted by Crippen LogP contribution is 2.18. The number of aryl methyl sites for hydroxylation is 1. The number of carbonyl (C=O) groups excluding carboxylic acids is 2. The number of hydrogen-bond donors (Lipinski definition) is 2. The minimum absolute atomic E-state index is 0.00446. The first-order valence-electron chi connectivity index (χ1n) is 9.23. The Morgan fingerprint density at radius 2 is 1.61 bits per heavy atom. The lowest BCUT2D eigenvalue weighted by Gasteiger charge is -2.12. The topological polar surface area (TPSA) is 101 Å². The summed E-state index contributed by atoms with van der Waals surface area (Å²) in [6.07, 6.45) is 1.46. The fourth-order valence-corrected chi connectivity index (χ4v) is 3.15. The minimum Gasteiger partial charge on any atom is -0.321 e. The Balaban J connectivity index is 1.91. The lowest BCUT2D eigenvalue weighted by molar-refractivity contribution is -0.384. The zero-order chi connectivity index (χ0) is 22.4. The summed E-state index contributed by atoms with van der Waals surface area (Å²) in [7, 11) is 0. The van der Waals surface area contributed by atoms with Crippen molar-refractivity contribution in [1.29, 1.82) is 0 Å². The number of non-ortho nitro benzene ring substituents is 1. The molecule has 3 aromatic rings. The van der Waals surface area contributed by atoms with Gasteiger partial charge in [0.25, 0.3) is 17.5 Å². The van der Waals surface area contributed by atoms with Crippen molar-refractivity contribution in [2.24, 2.45) is 0 Å². The standard InChI is InChI=1S/C23H18BrN3O4/c1-15-6-10-17(11-7-15)25-23(29)21(14-16-8-12-18(13-9-16)27(30)31)26-22(28)19-4-2-3-5-20(19)24/h2-14H,1H3,(H,25,29)(H,26,28). The van der Waals surface area contributed by atoms with Crippen molar-refractivity contribution in [1.82, 2.24) is 5.32 Å². The second kappa shape index (κ2) is 9.82. The molecule has 156 valence electrons. The molecule has 0 unspecified atom stereocenters. The molecule has 0 aliphatic rings. The van der Waals surface area contributed by atoms with Crippen LogP contribution in [0.15, 0.2) is 83.0 Å². The first kappa shape index (κ1) is 21.9. The van der Waals surface area contributed by atoms with E-state index < -0.39 is 16.7 Å². The predicted octanol–water partition coefficient (Wildman–Crippen LogP) is 5.08. The number of anilines is 1. The van der Waals surface area contributed by atoms with E-state index in [4.69, 9.17) is 0 Å². The van der Waals surface area contributed by atoms with Crippen molar-refractivity contribution in [3.63, 3.8) is 0 Å². The molecule has 0 aromatic heterocycles. The van der Waals surface area contributed by atoms with Gasteiger partial charge in [-0.1, -0.05) is 29.8 Å². The Morgan fingerprint density at radius 3 is 2.23 bits per heavy atom. The number of nitrogens with zero attached hydrogens (tertiary/aromatic N) is 1. The van der Waals surface area contributed by atoms with Crippen molar-refractivity contribution in [2.75, 3.05) is 5.32 Å². The van der Waals surface area contributed by atoms with Crippen molar-refractivity contribution in [3.8, 4) is 0 Å². The molecule has 0 radical (unpaired) electrons. The Bertz CT molecular complexity index is 1160. The number of rotatable bonds is 6. The van der Waals surface area contributed by atoms with Gasteiger partial charge >= 0.3 is 0 Å². The van der Waals surface area contributed by atoms with E-state index in [1.165, 1.54) is 30.3 Å². The number of hydrogen-bond acceptors (Lipinski definition) is 4. The summed E-state index contributed by atoms with van der Waals surface area (Å²) < 4.78 is 0.584. The minimum atomic E-state index is -0.525. The molecule has 2 amide bonds. The van der Waals surface area contributed by atoms with Gasteiger partial charge < -0.3 is 10.6 Å². The number of halogens is 1. The molecule has 8 heteroatoms. The normalized spacial score (nSPS) is 11.0. The van der Waals surface area contributed by atoms with Crippen LogP contribution >= 0.6 is 15.9 Å². The van der Waals surface area contributed by atoms with Crippen LogP contribution in [0.4, 0.5) is 11.4 Å². The van der Waals surface area contributed by atoms with E-state index in [-0.39, 0.29) is 11.4 Å². The van der Waals surface area contributed by atoms with Crippen LogP contribution in [-0.2, 0) is 4.79 Å².